The molecule has 186 valence electrons. The van der Waals surface area contributed by atoms with Gasteiger partial charge in [-0.1, -0.05) is 61.5 Å². The van der Waals surface area contributed by atoms with E-state index in [4.69, 9.17) is 18.9 Å². The van der Waals surface area contributed by atoms with Crippen LogP contribution in [0.25, 0.3) is 0 Å². The van der Waals surface area contributed by atoms with Crippen LogP contribution in [0.1, 0.15) is 38.0 Å². The summed E-state index contributed by atoms with van der Waals surface area (Å²) in [6.45, 7) is 1.76. The van der Waals surface area contributed by atoms with Crippen LogP contribution in [0.2, 0.25) is 0 Å². The molecule has 1 aliphatic heterocycles. The molecule has 1 heterocycles. The quantitative estimate of drug-likeness (QED) is 0.303. The molecule has 0 unspecified atom stereocenters. The molecular weight excluding hydrogens is 480 g/mol. The zero-order valence-corrected chi connectivity index (χ0v) is 20.5. The van der Waals surface area contributed by atoms with Gasteiger partial charge in [0, 0.05) is 0 Å². The lowest BCUT2D eigenvalue weighted by Gasteiger charge is -2.24. The van der Waals surface area contributed by atoms with Gasteiger partial charge in [-0.25, -0.2) is 14.4 Å². The first-order chi connectivity index (χ1) is 17.6. The van der Waals surface area contributed by atoms with Crippen LogP contribution in [-0.2, 0) is 18.9 Å². The van der Waals surface area contributed by atoms with E-state index in [0.717, 1.165) is 0 Å². The Morgan fingerprint density at radius 2 is 1.14 bits per heavy atom. The van der Waals surface area contributed by atoms with E-state index in [-0.39, 0.29) is 6.61 Å². The number of hydrogen-bond donors (Lipinski definition) is 0. The van der Waals surface area contributed by atoms with Crippen molar-refractivity contribution in [3.63, 3.8) is 0 Å². The third-order valence-corrected chi connectivity index (χ3v) is 6.53. The van der Waals surface area contributed by atoms with Gasteiger partial charge in [0.1, 0.15) is 18.1 Å². The summed E-state index contributed by atoms with van der Waals surface area (Å²) in [7, 11) is 0. The van der Waals surface area contributed by atoms with Crippen molar-refractivity contribution in [1.29, 1.82) is 0 Å². The first kappa shape index (κ1) is 25.5. The third-order valence-electron chi connectivity index (χ3n) is 5.49. The molecule has 0 N–H and O–H groups in total. The van der Waals surface area contributed by atoms with Gasteiger partial charge in [0.2, 0.25) is 0 Å². The predicted octanol–water partition coefficient (Wildman–Crippen LogP) is 4.77. The summed E-state index contributed by atoms with van der Waals surface area (Å²) >= 11 is 1.41. The summed E-state index contributed by atoms with van der Waals surface area (Å²) < 4.78 is 23.3. The number of hydrogen-bond acceptors (Lipinski definition) is 8. The predicted molar refractivity (Wildman–Crippen MR) is 135 cm³/mol. The second kappa shape index (κ2) is 12.4. The number of benzene rings is 3. The van der Waals surface area contributed by atoms with Crippen LogP contribution in [0.5, 0.6) is 0 Å². The van der Waals surface area contributed by atoms with E-state index >= 15 is 0 Å². The minimum atomic E-state index is -0.988. The highest BCUT2D eigenvalue weighted by Crippen LogP contribution is 2.34. The van der Waals surface area contributed by atoms with Crippen molar-refractivity contribution in [3.8, 4) is 0 Å². The molecule has 4 atom stereocenters. The zero-order valence-electron chi connectivity index (χ0n) is 19.6. The Bertz CT molecular complexity index is 1150. The van der Waals surface area contributed by atoms with Gasteiger partial charge in [0.05, 0.1) is 16.7 Å². The van der Waals surface area contributed by atoms with Crippen molar-refractivity contribution < 1.29 is 33.3 Å². The van der Waals surface area contributed by atoms with Crippen molar-refractivity contribution >= 4 is 29.7 Å². The van der Waals surface area contributed by atoms with Gasteiger partial charge in [-0.2, -0.15) is 0 Å². The number of carbonyl (C=O) groups excluding carboxylic acids is 3. The first-order valence-electron chi connectivity index (χ1n) is 11.6. The molecule has 0 aliphatic carbocycles. The normalized spacial score (nSPS) is 20.9. The Balaban J connectivity index is 1.56. The number of thioether (sulfide) groups is 1. The molecule has 0 bridgehead atoms. The van der Waals surface area contributed by atoms with E-state index in [1.165, 1.54) is 11.8 Å². The highest BCUT2D eigenvalue weighted by molar-refractivity contribution is 7.99. The second-order valence-electron chi connectivity index (χ2n) is 7.93. The smallest absolute Gasteiger partial charge is 0.338 e. The maximum atomic E-state index is 12.9. The monoisotopic (exact) mass is 506 g/mol. The summed E-state index contributed by atoms with van der Waals surface area (Å²) in [5, 5.41) is 0. The molecule has 1 aliphatic rings. The Kier molecular flexibility index (Phi) is 8.76. The Morgan fingerprint density at radius 3 is 1.61 bits per heavy atom. The molecule has 4 rings (SSSR count). The van der Waals surface area contributed by atoms with Crippen LogP contribution in [0.3, 0.4) is 0 Å². The van der Waals surface area contributed by atoms with E-state index in [1.807, 2.05) is 6.92 Å². The summed E-state index contributed by atoms with van der Waals surface area (Å²) in [5.74, 6) is -1.02. The standard InChI is InChI=1S/C28H26O7S/c1-2-36-28-24(35-27(31)21-16-10-5-11-17-21)23(34-26(30)20-14-8-4-9-15-20)22(33-28)18-32-25(29)19-12-6-3-7-13-19/h3-17,22-24,28H,2,18H2,1H3/t22-,23+,24-,28+/m0/s1. The fraction of sp³-hybridized carbons (Fsp3) is 0.250. The molecular formula is C28H26O7S. The second-order valence-corrected chi connectivity index (χ2v) is 9.31. The van der Waals surface area contributed by atoms with Crippen molar-refractivity contribution in [3.05, 3.63) is 108 Å². The van der Waals surface area contributed by atoms with Gasteiger partial charge in [-0.05, 0) is 42.2 Å². The molecule has 1 saturated heterocycles. The highest BCUT2D eigenvalue weighted by Gasteiger charge is 2.50. The lowest BCUT2D eigenvalue weighted by molar-refractivity contribution is -0.0435. The molecule has 0 aromatic heterocycles. The van der Waals surface area contributed by atoms with Crippen LogP contribution in [0.4, 0.5) is 0 Å². The average molecular weight is 507 g/mol. The number of ether oxygens (including phenoxy) is 4. The summed E-state index contributed by atoms with van der Waals surface area (Å²) in [5.41, 5.74) is 0.485. The minimum absolute atomic E-state index is 0.180. The average Bonchev–Trinajstić information content (AvgIpc) is 3.24. The lowest BCUT2D eigenvalue weighted by Crippen LogP contribution is -2.41. The van der Waals surface area contributed by atoms with Crippen molar-refractivity contribution in [2.24, 2.45) is 0 Å². The van der Waals surface area contributed by atoms with Gasteiger partial charge in [-0.15, -0.1) is 11.8 Å². The van der Waals surface area contributed by atoms with Crippen LogP contribution in [-0.4, -0.2) is 54.0 Å². The molecule has 0 radical (unpaired) electrons. The van der Waals surface area contributed by atoms with Crippen molar-refractivity contribution in [2.75, 3.05) is 12.4 Å². The van der Waals surface area contributed by atoms with Crippen LogP contribution >= 0.6 is 11.8 Å². The summed E-state index contributed by atoms with van der Waals surface area (Å²) in [6.07, 6.45) is -2.73. The number of carbonyl (C=O) groups is 3. The SMILES string of the molecule is CCS[C@H]1O[C@@H](COC(=O)c2ccccc2)[C@@H](OC(=O)c2ccccc2)[C@@H]1OC(=O)c1ccccc1. The molecule has 7 nitrogen and oxygen atoms in total. The van der Waals surface area contributed by atoms with E-state index in [9.17, 15) is 14.4 Å². The van der Waals surface area contributed by atoms with E-state index in [0.29, 0.717) is 22.4 Å². The van der Waals surface area contributed by atoms with E-state index in [2.05, 4.69) is 0 Å². The lowest BCUT2D eigenvalue weighted by atomic mass is 10.1. The van der Waals surface area contributed by atoms with Crippen LogP contribution < -0.4 is 0 Å². The zero-order chi connectivity index (χ0) is 25.3. The topological polar surface area (TPSA) is 88.1 Å². The fourth-order valence-electron chi connectivity index (χ4n) is 3.74. The highest BCUT2D eigenvalue weighted by atomic mass is 32.2. The van der Waals surface area contributed by atoms with Gasteiger partial charge in [0.15, 0.2) is 12.2 Å². The van der Waals surface area contributed by atoms with Gasteiger partial charge >= 0.3 is 17.9 Å². The van der Waals surface area contributed by atoms with Gasteiger partial charge < -0.3 is 18.9 Å². The fourth-order valence-corrected chi connectivity index (χ4v) is 4.69. The molecule has 3 aromatic rings. The Labute approximate surface area is 213 Å². The summed E-state index contributed by atoms with van der Waals surface area (Å²) in [6, 6.07) is 25.6. The molecule has 36 heavy (non-hydrogen) atoms. The van der Waals surface area contributed by atoms with Gasteiger partial charge in [0.25, 0.3) is 0 Å². The molecule has 1 fully saturated rings. The van der Waals surface area contributed by atoms with E-state index < -0.39 is 41.7 Å². The Morgan fingerprint density at radius 1 is 0.694 bits per heavy atom. The first-order valence-corrected chi connectivity index (χ1v) is 12.6. The van der Waals surface area contributed by atoms with Crippen LogP contribution in [0.15, 0.2) is 91.0 Å². The van der Waals surface area contributed by atoms with Gasteiger partial charge in [-0.3, -0.25) is 0 Å². The molecule has 0 amide bonds. The number of esters is 3. The number of rotatable bonds is 9. The van der Waals surface area contributed by atoms with Crippen molar-refractivity contribution in [1.82, 2.24) is 0 Å². The minimum Gasteiger partial charge on any atom is -0.459 e. The third kappa shape index (κ3) is 6.33. The Hall–Kier alpha value is -3.62. The summed E-state index contributed by atoms with van der Waals surface area (Å²) in [4.78, 5) is 38.4. The molecule has 0 saturated carbocycles. The molecule has 8 heteroatoms. The van der Waals surface area contributed by atoms with Crippen LogP contribution in [0, 0.1) is 0 Å². The van der Waals surface area contributed by atoms with Crippen molar-refractivity contribution in [2.45, 2.75) is 30.7 Å². The largest absolute Gasteiger partial charge is 0.459 e. The molecule has 3 aromatic carbocycles. The molecule has 0 spiro atoms. The maximum Gasteiger partial charge on any atom is 0.338 e. The van der Waals surface area contributed by atoms with E-state index in [1.54, 1.807) is 91.0 Å². The maximum absolute atomic E-state index is 12.9.